The van der Waals surface area contributed by atoms with Gasteiger partial charge in [0, 0.05) is 37.3 Å². The van der Waals surface area contributed by atoms with Gasteiger partial charge in [0.1, 0.15) is 17.4 Å². The van der Waals surface area contributed by atoms with E-state index in [4.69, 9.17) is 5.73 Å². The third-order valence-corrected chi connectivity index (χ3v) is 10.4. The number of phenolic OH excluding ortho intramolecular Hbond substituents is 1. The van der Waals surface area contributed by atoms with Gasteiger partial charge < -0.3 is 36.0 Å². The van der Waals surface area contributed by atoms with Crippen molar-refractivity contribution < 1.29 is 34.8 Å². The maximum absolute atomic E-state index is 14.3. The van der Waals surface area contributed by atoms with Crippen LogP contribution in [0.5, 0.6) is 5.75 Å². The van der Waals surface area contributed by atoms with E-state index in [0.717, 1.165) is 48.1 Å². The Morgan fingerprint density at radius 2 is 1.74 bits per heavy atom. The molecule has 0 saturated heterocycles. The molecular weight excluding hydrogens is 598 g/mol. The smallest absolute Gasteiger partial charge is 0.230 e. The highest BCUT2D eigenvalue weighted by Crippen LogP contribution is 2.53. The van der Waals surface area contributed by atoms with E-state index in [1.54, 1.807) is 19.0 Å². The van der Waals surface area contributed by atoms with Crippen LogP contribution in [0.3, 0.4) is 0 Å². The van der Waals surface area contributed by atoms with Crippen molar-refractivity contribution in [3.63, 3.8) is 0 Å². The number of fused-ring (bicyclic) bond motifs is 3. The number of Topliss-reactive ketones (excluding diaryl/α,β-unsaturated/α-hetero) is 2. The van der Waals surface area contributed by atoms with Crippen LogP contribution in [0, 0.1) is 29.6 Å². The van der Waals surface area contributed by atoms with Crippen molar-refractivity contribution in [2.45, 2.75) is 56.3 Å². The van der Waals surface area contributed by atoms with Crippen LogP contribution in [-0.4, -0.2) is 88.7 Å². The van der Waals surface area contributed by atoms with E-state index in [0.29, 0.717) is 5.56 Å². The van der Waals surface area contributed by atoms with E-state index in [-0.39, 0.29) is 35.3 Å². The molecular formula is C37H41N3O7. The first kappa shape index (κ1) is 32.5. The van der Waals surface area contributed by atoms with Gasteiger partial charge in [0.05, 0.1) is 17.2 Å². The maximum atomic E-state index is 14.3. The van der Waals surface area contributed by atoms with Crippen molar-refractivity contribution in [2.24, 2.45) is 23.5 Å². The summed E-state index contributed by atoms with van der Waals surface area (Å²) in [5.41, 5.74) is 7.00. The number of aliphatic hydroxyl groups excluding tert-OH is 2. The highest BCUT2D eigenvalue weighted by Gasteiger charge is 2.67. The van der Waals surface area contributed by atoms with Crippen LogP contribution >= 0.6 is 0 Å². The van der Waals surface area contributed by atoms with E-state index in [1.807, 2.05) is 49.3 Å². The van der Waals surface area contributed by atoms with E-state index in [1.165, 1.54) is 0 Å². The molecule has 2 saturated carbocycles. The molecule has 0 bridgehead atoms. The van der Waals surface area contributed by atoms with Crippen LogP contribution < -0.4 is 10.6 Å². The number of aliphatic hydroxyl groups is 3. The average molecular weight is 640 g/mol. The van der Waals surface area contributed by atoms with Crippen molar-refractivity contribution >= 4 is 28.9 Å². The highest BCUT2D eigenvalue weighted by atomic mass is 16.3. The highest BCUT2D eigenvalue weighted by molar-refractivity contribution is 6.25. The molecule has 0 aliphatic heterocycles. The topological polar surface area (TPSA) is 165 Å². The second-order valence-electron chi connectivity index (χ2n) is 13.6. The van der Waals surface area contributed by atoms with Crippen LogP contribution in [0.15, 0.2) is 47.6 Å². The molecule has 0 aromatic heterocycles. The number of likely N-dealkylation sites (N-methyl/N-ethyl adjacent to an activating group) is 1. The molecule has 10 heteroatoms. The molecule has 4 aliphatic rings. The van der Waals surface area contributed by atoms with Gasteiger partial charge in [-0.3, -0.25) is 14.4 Å². The summed E-state index contributed by atoms with van der Waals surface area (Å²) < 4.78 is 0. The fraction of sp³-hybridized carbons (Fsp3) is 0.432. The Morgan fingerprint density at radius 3 is 2.34 bits per heavy atom. The first-order valence-electron chi connectivity index (χ1n) is 16.0. The number of anilines is 1. The average Bonchev–Trinajstić information content (AvgIpc) is 3.02. The molecule has 47 heavy (non-hydrogen) atoms. The Balaban J connectivity index is 1.55. The van der Waals surface area contributed by atoms with E-state index >= 15 is 0 Å². The molecule has 0 heterocycles. The van der Waals surface area contributed by atoms with E-state index in [2.05, 4.69) is 17.9 Å². The minimum atomic E-state index is -2.71. The number of aromatic hydroxyl groups is 1. The lowest BCUT2D eigenvalue weighted by Crippen LogP contribution is -2.73. The van der Waals surface area contributed by atoms with E-state index < -0.39 is 58.7 Å². The number of hydrogen-bond donors (Lipinski definition) is 5. The van der Waals surface area contributed by atoms with Crippen LogP contribution in [0.2, 0.25) is 0 Å². The molecule has 2 aromatic rings. The lowest BCUT2D eigenvalue weighted by Gasteiger charge is -2.53. The van der Waals surface area contributed by atoms with Crippen molar-refractivity contribution in [3.8, 4) is 28.7 Å². The minimum Gasteiger partial charge on any atom is -0.507 e. The van der Waals surface area contributed by atoms with Crippen LogP contribution in [0.25, 0.3) is 16.9 Å². The number of carbonyl (C=O) groups is 3. The van der Waals surface area contributed by atoms with Gasteiger partial charge in [-0.15, -0.1) is 0 Å². The second-order valence-corrected chi connectivity index (χ2v) is 13.6. The summed E-state index contributed by atoms with van der Waals surface area (Å²) in [7, 11) is 7.14. The van der Waals surface area contributed by atoms with Gasteiger partial charge in [-0.05, 0) is 99.0 Å². The standard InChI is InChI=1S/C37H41N3O7/c1-39(2)23-14-12-20(13-15-23)24-16-21(11-10-19-8-6-5-7-9-19)31(41)28-25(24)17-22-18-26-30(40(3)4)33(43)29(36(38)46)35(45)37(26,47)34(44)27(22)32(28)42/h8,12-16,22,26,29-30,33,41-43,47H,5-7,9,17-18H2,1-4H3,(H2,38,46)/t22-,26-,29?,30?,33?,37-/m1/s1. The van der Waals surface area contributed by atoms with Crippen LogP contribution in [-0.2, 0) is 20.8 Å². The molecule has 0 spiro atoms. The normalized spacial score (nSPS) is 28.5. The Bertz CT molecular complexity index is 1800. The monoisotopic (exact) mass is 639 g/mol. The number of amides is 1. The fourth-order valence-electron chi connectivity index (χ4n) is 8.06. The number of carbonyl (C=O) groups excluding carboxylic acids is 3. The summed E-state index contributed by atoms with van der Waals surface area (Å²) in [5.74, 6) is -1.49. The van der Waals surface area contributed by atoms with Crippen molar-refractivity contribution in [2.75, 3.05) is 33.1 Å². The summed E-state index contributed by atoms with van der Waals surface area (Å²) in [6.45, 7) is 0. The van der Waals surface area contributed by atoms with Crippen molar-refractivity contribution in [1.82, 2.24) is 4.90 Å². The van der Waals surface area contributed by atoms with Crippen LogP contribution in [0.4, 0.5) is 5.69 Å². The predicted molar refractivity (Wildman–Crippen MR) is 177 cm³/mol. The zero-order valence-corrected chi connectivity index (χ0v) is 27.1. The van der Waals surface area contributed by atoms with Gasteiger partial charge in [0.25, 0.3) is 0 Å². The maximum Gasteiger partial charge on any atom is 0.230 e. The van der Waals surface area contributed by atoms with Gasteiger partial charge in [-0.1, -0.05) is 30.0 Å². The van der Waals surface area contributed by atoms with Crippen molar-refractivity contribution in [1.29, 1.82) is 0 Å². The van der Waals surface area contributed by atoms with Gasteiger partial charge >= 0.3 is 0 Å². The Labute approximate surface area is 274 Å². The number of rotatable bonds is 4. The summed E-state index contributed by atoms with van der Waals surface area (Å²) in [4.78, 5) is 43.9. The lowest BCUT2D eigenvalue weighted by atomic mass is 9.54. The first-order chi connectivity index (χ1) is 22.3. The van der Waals surface area contributed by atoms with Crippen molar-refractivity contribution in [3.05, 3.63) is 64.2 Å². The molecule has 0 radical (unpaired) electrons. The first-order valence-corrected chi connectivity index (χ1v) is 16.0. The molecule has 6 N–H and O–H groups in total. The molecule has 2 aromatic carbocycles. The largest absolute Gasteiger partial charge is 0.507 e. The molecule has 6 atom stereocenters. The molecule has 1 amide bonds. The summed E-state index contributed by atoms with van der Waals surface area (Å²) in [6.07, 6.45) is 4.70. The van der Waals surface area contributed by atoms with Gasteiger partial charge in [0.15, 0.2) is 11.4 Å². The number of hydrogen-bond acceptors (Lipinski definition) is 9. The summed E-state index contributed by atoms with van der Waals surface area (Å²) in [5, 5.41) is 46.6. The Hall–Kier alpha value is -4.43. The summed E-state index contributed by atoms with van der Waals surface area (Å²) >= 11 is 0. The fourth-order valence-corrected chi connectivity index (χ4v) is 8.06. The lowest BCUT2D eigenvalue weighted by molar-refractivity contribution is -0.184. The molecule has 10 nitrogen and oxygen atoms in total. The van der Waals surface area contributed by atoms with Gasteiger partial charge in [0.2, 0.25) is 11.7 Å². The molecule has 2 fully saturated rings. The number of phenols is 1. The molecule has 246 valence electrons. The Kier molecular flexibility index (Phi) is 8.29. The molecule has 6 rings (SSSR count). The zero-order valence-electron chi connectivity index (χ0n) is 27.1. The molecule has 3 unspecified atom stereocenters. The number of nitrogens with two attached hydrogens (primary N) is 1. The van der Waals surface area contributed by atoms with E-state index in [9.17, 15) is 34.8 Å². The Morgan fingerprint density at radius 1 is 1.04 bits per heavy atom. The van der Waals surface area contributed by atoms with Crippen LogP contribution in [0.1, 0.15) is 48.8 Å². The number of allylic oxidation sites excluding steroid dienone is 2. The third-order valence-electron chi connectivity index (χ3n) is 10.4. The quantitative estimate of drug-likeness (QED) is 0.250. The molecule has 4 aliphatic carbocycles. The third kappa shape index (κ3) is 5.14. The number of benzene rings is 2. The summed E-state index contributed by atoms with van der Waals surface area (Å²) in [6, 6.07) is 8.68. The van der Waals surface area contributed by atoms with Gasteiger partial charge in [-0.2, -0.15) is 0 Å². The van der Waals surface area contributed by atoms with Gasteiger partial charge in [-0.25, -0.2) is 0 Å². The number of nitrogens with zero attached hydrogens (tertiary/aromatic N) is 2. The number of primary amides is 1. The zero-order chi connectivity index (χ0) is 33.9. The second kappa shape index (κ2) is 12.0. The predicted octanol–water partition coefficient (Wildman–Crippen LogP) is 2.71. The SMILES string of the molecule is CN(C)c1ccc(-c2cc(C#CC3=CCCCC3)c(O)c3c2C[C@@H]2C[C@@H]4C(N(C)C)C(O)C(C(N)=O)C(=O)[C@]4(O)C(=O)C2=C3O)cc1. The minimum absolute atomic E-state index is 0.0293. The number of ketones is 2.